The molecule has 0 saturated carbocycles. The van der Waals surface area contributed by atoms with E-state index >= 15 is 0 Å². The highest BCUT2D eigenvalue weighted by atomic mass is 32.1. The molecule has 0 fully saturated rings. The van der Waals surface area contributed by atoms with Crippen molar-refractivity contribution < 1.29 is 4.42 Å². The van der Waals surface area contributed by atoms with Crippen molar-refractivity contribution in [2.45, 2.75) is 0 Å². The van der Waals surface area contributed by atoms with Crippen LogP contribution in [0.15, 0.2) is 186 Å². The van der Waals surface area contributed by atoms with Gasteiger partial charge in [-0.15, -0.1) is 11.3 Å². The second kappa shape index (κ2) is 12.6. The largest absolute Gasteiger partial charge is 0.455 e. The number of nitrogens with zero attached hydrogens (tertiary/aromatic N) is 4. The first kappa shape index (κ1) is 31.9. The summed E-state index contributed by atoms with van der Waals surface area (Å²) in [6, 6.07) is 63.8. The third kappa shape index (κ3) is 5.04. The van der Waals surface area contributed by atoms with Crippen LogP contribution in [0.5, 0.6) is 0 Å². The smallest absolute Gasteiger partial charge is 0.167 e. The predicted octanol–water partition coefficient (Wildman–Crippen LogP) is 13.9. The van der Waals surface area contributed by atoms with E-state index in [2.05, 4.69) is 120 Å². The SMILES string of the molecule is c1ccc(-c2nc(-c3ccccc3)nc(-c3cccc4c3oc3ccc(-c5ccc6c(c5)c5ccc7c8ccccc8sc7c5n6-c5ccccc5)cc34)n2)cc1. The van der Waals surface area contributed by atoms with Crippen LogP contribution in [0.4, 0.5) is 0 Å². The molecule has 8 aromatic carbocycles. The lowest BCUT2D eigenvalue weighted by Gasteiger charge is -2.09. The summed E-state index contributed by atoms with van der Waals surface area (Å²) < 4.78 is 11.7. The summed E-state index contributed by atoms with van der Waals surface area (Å²) >= 11 is 1.87. The van der Waals surface area contributed by atoms with Crippen molar-refractivity contribution >= 4 is 75.3 Å². The van der Waals surface area contributed by atoms with Crippen molar-refractivity contribution in [3.8, 4) is 51.0 Å². The molecule has 6 heteroatoms. The van der Waals surface area contributed by atoms with Gasteiger partial charge in [0.25, 0.3) is 0 Å². The average Bonchev–Trinajstić information content (AvgIpc) is 3.96. The Morgan fingerprint density at radius 2 is 1.04 bits per heavy atom. The van der Waals surface area contributed by atoms with E-state index in [1.54, 1.807) is 0 Å². The quantitative estimate of drug-likeness (QED) is 0.176. The van der Waals surface area contributed by atoms with E-state index in [0.717, 1.165) is 55.4 Å². The zero-order valence-electron chi connectivity index (χ0n) is 30.4. The fraction of sp³-hybridized carbons (Fsp3) is 0. The lowest BCUT2D eigenvalue weighted by molar-refractivity contribution is 0.669. The fourth-order valence-corrected chi connectivity index (χ4v) is 9.63. The van der Waals surface area contributed by atoms with E-state index in [1.807, 2.05) is 78.1 Å². The van der Waals surface area contributed by atoms with Crippen LogP contribution < -0.4 is 0 Å². The van der Waals surface area contributed by atoms with Gasteiger partial charge < -0.3 is 8.98 Å². The molecule has 0 aliphatic rings. The lowest BCUT2D eigenvalue weighted by Crippen LogP contribution is -2.00. The maximum absolute atomic E-state index is 6.66. The number of rotatable bonds is 5. The third-order valence-electron chi connectivity index (χ3n) is 11.1. The molecule has 0 aliphatic carbocycles. The number of hydrogen-bond acceptors (Lipinski definition) is 5. The predicted molar refractivity (Wildman–Crippen MR) is 236 cm³/mol. The summed E-state index contributed by atoms with van der Waals surface area (Å²) in [6.45, 7) is 0. The van der Waals surface area contributed by atoms with Gasteiger partial charge in [0, 0.05) is 53.8 Å². The molecule has 0 radical (unpaired) electrons. The molecule has 12 rings (SSSR count). The molecule has 0 N–H and O–H groups in total. The number of fused-ring (bicyclic) bond motifs is 10. The maximum atomic E-state index is 6.66. The lowest BCUT2D eigenvalue weighted by atomic mass is 10.00. The number of para-hydroxylation sites is 2. The summed E-state index contributed by atoms with van der Waals surface area (Å²) in [6.07, 6.45) is 0. The van der Waals surface area contributed by atoms with Crippen LogP contribution in [0.1, 0.15) is 0 Å². The van der Waals surface area contributed by atoms with E-state index in [4.69, 9.17) is 19.4 Å². The van der Waals surface area contributed by atoms with E-state index in [0.29, 0.717) is 17.5 Å². The fourth-order valence-electron chi connectivity index (χ4n) is 8.39. The monoisotopic (exact) mass is 746 g/mol. The molecule has 0 unspecified atom stereocenters. The Bertz CT molecular complexity index is 3460. The Labute approximate surface area is 330 Å². The van der Waals surface area contributed by atoms with Crippen LogP contribution in [0.2, 0.25) is 0 Å². The van der Waals surface area contributed by atoms with E-state index < -0.39 is 0 Å². The summed E-state index contributed by atoms with van der Waals surface area (Å²) in [5, 5.41) is 7.13. The van der Waals surface area contributed by atoms with Gasteiger partial charge in [-0.1, -0.05) is 133 Å². The number of aromatic nitrogens is 4. The average molecular weight is 747 g/mol. The Morgan fingerprint density at radius 3 is 1.79 bits per heavy atom. The van der Waals surface area contributed by atoms with Crippen molar-refractivity contribution in [3.63, 3.8) is 0 Å². The molecule has 57 heavy (non-hydrogen) atoms. The van der Waals surface area contributed by atoms with Crippen LogP contribution in [0.25, 0.3) is 115 Å². The van der Waals surface area contributed by atoms with Crippen molar-refractivity contribution in [1.29, 1.82) is 0 Å². The second-order valence-electron chi connectivity index (χ2n) is 14.4. The highest BCUT2D eigenvalue weighted by Crippen LogP contribution is 2.44. The second-order valence-corrected chi connectivity index (χ2v) is 15.4. The summed E-state index contributed by atoms with van der Waals surface area (Å²) in [5.41, 5.74) is 10.1. The van der Waals surface area contributed by atoms with Crippen molar-refractivity contribution in [1.82, 2.24) is 19.5 Å². The van der Waals surface area contributed by atoms with Crippen LogP contribution in [-0.2, 0) is 0 Å². The van der Waals surface area contributed by atoms with Crippen molar-refractivity contribution in [3.05, 3.63) is 182 Å². The summed E-state index contributed by atoms with van der Waals surface area (Å²) in [7, 11) is 0. The first-order valence-corrected chi connectivity index (χ1v) is 19.8. The van der Waals surface area contributed by atoms with E-state index in [1.165, 1.54) is 42.0 Å². The van der Waals surface area contributed by atoms with Gasteiger partial charge in [-0.25, -0.2) is 15.0 Å². The van der Waals surface area contributed by atoms with Gasteiger partial charge in [-0.3, -0.25) is 0 Å². The Kier molecular flexibility index (Phi) is 7.03. The Balaban J connectivity index is 1.03. The molecule has 5 nitrogen and oxygen atoms in total. The highest BCUT2D eigenvalue weighted by molar-refractivity contribution is 7.26. The molecular formula is C51H30N4OS. The number of benzene rings is 8. The normalized spacial score (nSPS) is 11.9. The van der Waals surface area contributed by atoms with Gasteiger partial charge in [-0.2, -0.15) is 0 Å². The van der Waals surface area contributed by atoms with Crippen molar-refractivity contribution in [2.75, 3.05) is 0 Å². The van der Waals surface area contributed by atoms with Crippen LogP contribution in [0, 0.1) is 0 Å². The number of hydrogen-bond donors (Lipinski definition) is 0. The molecule has 0 atom stereocenters. The minimum Gasteiger partial charge on any atom is -0.455 e. The topological polar surface area (TPSA) is 56.7 Å². The molecule has 4 aromatic heterocycles. The first-order chi connectivity index (χ1) is 28.2. The zero-order valence-corrected chi connectivity index (χ0v) is 31.2. The molecular weight excluding hydrogens is 717 g/mol. The van der Waals surface area contributed by atoms with Gasteiger partial charge in [-0.05, 0) is 59.7 Å². The van der Waals surface area contributed by atoms with Crippen LogP contribution >= 0.6 is 11.3 Å². The van der Waals surface area contributed by atoms with Crippen LogP contribution in [0.3, 0.4) is 0 Å². The number of furan rings is 1. The third-order valence-corrected chi connectivity index (χ3v) is 12.3. The zero-order chi connectivity index (χ0) is 37.5. The summed E-state index contributed by atoms with van der Waals surface area (Å²) in [4.78, 5) is 14.9. The molecule has 0 bridgehead atoms. The highest BCUT2D eigenvalue weighted by Gasteiger charge is 2.20. The number of thiophene rings is 1. The van der Waals surface area contributed by atoms with Gasteiger partial charge in [0.15, 0.2) is 17.5 Å². The van der Waals surface area contributed by atoms with Crippen molar-refractivity contribution in [2.24, 2.45) is 0 Å². The molecule has 12 aromatic rings. The first-order valence-electron chi connectivity index (χ1n) is 19.0. The van der Waals surface area contributed by atoms with Gasteiger partial charge in [0.2, 0.25) is 0 Å². The van der Waals surface area contributed by atoms with Gasteiger partial charge >= 0.3 is 0 Å². The Morgan fingerprint density at radius 1 is 0.421 bits per heavy atom. The van der Waals surface area contributed by atoms with Gasteiger partial charge in [0.1, 0.15) is 11.2 Å². The van der Waals surface area contributed by atoms with E-state index in [-0.39, 0.29) is 0 Å². The molecule has 0 spiro atoms. The van der Waals surface area contributed by atoms with Gasteiger partial charge in [0.05, 0.1) is 21.3 Å². The Hall–Kier alpha value is -7.41. The van der Waals surface area contributed by atoms with Crippen LogP contribution in [-0.4, -0.2) is 19.5 Å². The standard InChI is InChI=1S/C51H30N4OS/c1-4-13-31(14-5-1)49-52-50(32-15-6-2-7-16-32)54-51(53-49)40-21-12-20-38-42-30-34(24-28-44(42)56-47(38)40)33-23-27-43-41(29-33)37-25-26-39-36-19-10-11-22-45(36)57-48(39)46(37)55(43)35-17-8-3-9-18-35/h1-30H. The summed E-state index contributed by atoms with van der Waals surface area (Å²) in [5.74, 6) is 1.81. The maximum Gasteiger partial charge on any atom is 0.167 e. The minimum atomic E-state index is 0.570. The molecule has 266 valence electrons. The van der Waals surface area contributed by atoms with E-state index in [9.17, 15) is 0 Å². The minimum absolute atomic E-state index is 0.570. The molecule has 0 saturated heterocycles. The molecule has 4 heterocycles. The molecule has 0 aliphatic heterocycles. The molecule has 0 amide bonds.